The Bertz CT molecular complexity index is 642. The summed E-state index contributed by atoms with van der Waals surface area (Å²) >= 11 is 2.51. The number of nitrogens with two attached hydrogens (primary N) is 1. The average molecular weight is 337 g/mol. The van der Waals surface area contributed by atoms with Gasteiger partial charge in [0.1, 0.15) is 5.75 Å². The number of nitrogen functional groups attached to an aromatic ring is 1. The lowest BCUT2D eigenvalue weighted by Crippen LogP contribution is -2.19. The Morgan fingerprint density at radius 1 is 1.45 bits per heavy atom. The number of anilines is 1. The maximum absolute atomic E-state index is 11.6. The van der Waals surface area contributed by atoms with Gasteiger partial charge in [-0.2, -0.15) is 5.10 Å². The molecule has 0 aliphatic heterocycles. The van der Waals surface area contributed by atoms with Crippen LogP contribution in [0.15, 0.2) is 33.7 Å². The predicted molar refractivity (Wildman–Crippen MR) is 88.4 cm³/mol. The van der Waals surface area contributed by atoms with E-state index < -0.39 is 0 Å². The number of hydrogen-bond donors (Lipinski definition) is 2. The maximum atomic E-state index is 11.6. The molecule has 0 aliphatic rings. The molecule has 22 heavy (non-hydrogen) atoms. The van der Waals surface area contributed by atoms with Gasteiger partial charge in [-0.15, -0.1) is 10.2 Å². The van der Waals surface area contributed by atoms with Gasteiger partial charge in [0.05, 0.1) is 18.6 Å². The van der Waals surface area contributed by atoms with Crippen molar-refractivity contribution >= 4 is 40.4 Å². The first-order valence-electron chi connectivity index (χ1n) is 6.44. The second-order valence-electron chi connectivity index (χ2n) is 3.99. The van der Waals surface area contributed by atoms with Crippen molar-refractivity contribution in [1.82, 2.24) is 15.6 Å². The van der Waals surface area contributed by atoms with Crippen LogP contribution in [0.5, 0.6) is 5.75 Å². The van der Waals surface area contributed by atoms with Gasteiger partial charge in [0, 0.05) is 0 Å². The fraction of sp³-hybridized carbons (Fsp3) is 0.231. The largest absolute Gasteiger partial charge is 0.494 e. The molecule has 0 spiro atoms. The first-order chi connectivity index (χ1) is 10.7. The molecule has 0 fully saturated rings. The van der Waals surface area contributed by atoms with Crippen molar-refractivity contribution in [3.63, 3.8) is 0 Å². The fourth-order valence-electron chi connectivity index (χ4n) is 1.43. The summed E-state index contributed by atoms with van der Waals surface area (Å²) in [7, 11) is 0. The van der Waals surface area contributed by atoms with E-state index in [-0.39, 0.29) is 11.7 Å². The summed E-state index contributed by atoms with van der Waals surface area (Å²) in [5.41, 5.74) is 8.78. The number of amides is 1. The molecule has 0 aliphatic carbocycles. The van der Waals surface area contributed by atoms with Crippen LogP contribution >= 0.6 is 23.1 Å². The Morgan fingerprint density at radius 2 is 2.23 bits per heavy atom. The van der Waals surface area contributed by atoms with Gasteiger partial charge in [0.25, 0.3) is 5.91 Å². The Balaban J connectivity index is 1.75. The molecule has 0 radical (unpaired) electrons. The number of aromatic nitrogens is 2. The van der Waals surface area contributed by atoms with Gasteiger partial charge in [-0.05, 0) is 36.8 Å². The van der Waals surface area contributed by atoms with Gasteiger partial charge >= 0.3 is 0 Å². The monoisotopic (exact) mass is 337 g/mol. The molecule has 116 valence electrons. The minimum atomic E-state index is -0.221. The number of nitrogens with zero attached hydrogens (tertiary/aromatic N) is 3. The van der Waals surface area contributed by atoms with Gasteiger partial charge in [0.15, 0.2) is 4.34 Å². The van der Waals surface area contributed by atoms with Crippen LogP contribution in [0.2, 0.25) is 0 Å². The number of carbonyl (C=O) groups excluding carboxylic acids is 1. The lowest BCUT2D eigenvalue weighted by atomic mass is 10.2. The molecule has 2 rings (SSSR count). The molecule has 1 aromatic carbocycles. The quantitative estimate of drug-likeness (QED) is 0.453. The molecule has 1 heterocycles. The number of nitrogens with one attached hydrogen (secondary N) is 1. The fourth-order valence-corrected chi connectivity index (χ4v) is 2.86. The lowest BCUT2D eigenvalue weighted by Gasteiger charge is -2.02. The highest BCUT2D eigenvalue weighted by atomic mass is 32.2. The summed E-state index contributed by atoms with van der Waals surface area (Å²) in [5, 5.41) is 11.8. The summed E-state index contributed by atoms with van der Waals surface area (Å²) in [6.07, 6.45) is 1.57. The van der Waals surface area contributed by atoms with E-state index in [1.54, 1.807) is 6.21 Å². The minimum absolute atomic E-state index is 0.204. The number of carbonyl (C=O) groups is 1. The molecule has 3 N–H and O–H groups in total. The van der Waals surface area contributed by atoms with Crippen molar-refractivity contribution in [1.29, 1.82) is 0 Å². The number of ether oxygens (including phenoxy) is 1. The van der Waals surface area contributed by atoms with Crippen LogP contribution in [-0.2, 0) is 4.79 Å². The molecule has 0 saturated carbocycles. The molecule has 2 aromatic rings. The van der Waals surface area contributed by atoms with E-state index in [1.807, 2.05) is 31.2 Å². The van der Waals surface area contributed by atoms with Crippen molar-refractivity contribution in [3.8, 4) is 5.75 Å². The number of thioether (sulfide) groups is 1. The van der Waals surface area contributed by atoms with Crippen LogP contribution in [0.25, 0.3) is 0 Å². The second-order valence-corrected chi connectivity index (χ2v) is 6.22. The molecule has 0 atom stereocenters. The summed E-state index contributed by atoms with van der Waals surface area (Å²) in [5.74, 6) is 0.785. The molecule has 0 bridgehead atoms. The van der Waals surface area contributed by atoms with Gasteiger partial charge in [0.2, 0.25) is 5.13 Å². The first-order valence-corrected chi connectivity index (χ1v) is 8.24. The van der Waals surface area contributed by atoms with E-state index in [9.17, 15) is 4.79 Å². The summed E-state index contributed by atoms with van der Waals surface area (Å²) < 4.78 is 6.00. The SMILES string of the molecule is CCOc1ccc(C=NNC(=O)CSc2nnc(N)s2)cc1. The van der Waals surface area contributed by atoms with Crippen LogP contribution in [0.3, 0.4) is 0 Å². The Hall–Kier alpha value is -2.13. The van der Waals surface area contributed by atoms with E-state index in [0.717, 1.165) is 11.3 Å². The zero-order valence-electron chi connectivity index (χ0n) is 11.9. The van der Waals surface area contributed by atoms with Gasteiger partial charge in [-0.1, -0.05) is 23.1 Å². The Kier molecular flexibility index (Phi) is 6.16. The topological polar surface area (TPSA) is 102 Å². The molecule has 9 heteroatoms. The second kappa shape index (κ2) is 8.35. The third-order valence-corrected chi connectivity index (χ3v) is 4.23. The molecular formula is C13H15N5O2S2. The highest BCUT2D eigenvalue weighted by molar-refractivity contribution is 8.01. The molecule has 0 unspecified atom stereocenters. The zero-order chi connectivity index (χ0) is 15.8. The molecule has 0 saturated heterocycles. The maximum Gasteiger partial charge on any atom is 0.250 e. The van der Waals surface area contributed by atoms with Crippen LogP contribution < -0.4 is 15.9 Å². The van der Waals surface area contributed by atoms with Gasteiger partial charge in [-0.3, -0.25) is 4.79 Å². The normalized spacial score (nSPS) is 10.8. The van der Waals surface area contributed by atoms with E-state index >= 15 is 0 Å². The van der Waals surface area contributed by atoms with Crippen LogP contribution in [0.4, 0.5) is 5.13 Å². The summed E-state index contributed by atoms with van der Waals surface area (Å²) in [6.45, 7) is 2.56. The summed E-state index contributed by atoms with van der Waals surface area (Å²) in [6, 6.07) is 7.42. The lowest BCUT2D eigenvalue weighted by molar-refractivity contribution is -0.118. The van der Waals surface area contributed by atoms with E-state index in [1.165, 1.54) is 23.1 Å². The van der Waals surface area contributed by atoms with Crippen LogP contribution in [0, 0.1) is 0 Å². The van der Waals surface area contributed by atoms with E-state index in [2.05, 4.69) is 20.7 Å². The Morgan fingerprint density at radius 3 is 2.86 bits per heavy atom. The Labute approximate surface area is 136 Å². The van der Waals surface area contributed by atoms with Crippen molar-refractivity contribution < 1.29 is 9.53 Å². The first kappa shape index (κ1) is 16.2. The van der Waals surface area contributed by atoms with Crippen LogP contribution in [-0.4, -0.2) is 34.7 Å². The zero-order valence-corrected chi connectivity index (χ0v) is 13.5. The summed E-state index contributed by atoms with van der Waals surface area (Å²) in [4.78, 5) is 11.6. The highest BCUT2D eigenvalue weighted by Crippen LogP contribution is 2.22. The standard InChI is InChI=1S/C13H15N5O2S2/c1-2-20-10-5-3-9(4-6-10)7-15-16-11(19)8-21-13-18-17-12(14)22-13/h3-7H,2,8H2,1H3,(H2,14,17)(H,16,19). The van der Waals surface area contributed by atoms with E-state index in [0.29, 0.717) is 16.1 Å². The number of benzene rings is 1. The number of rotatable bonds is 7. The van der Waals surface area contributed by atoms with E-state index in [4.69, 9.17) is 10.5 Å². The third-order valence-electron chi connectivity index (χ3n) is 2.34. The predicted octanol–water partition coefficient (Wildman–Crippen LogP) is 1.76. The smallest absolute Gasteiger partial charge is 0.250 e. The van der Waals surface area contributed by atoms with Crippen molar-refractivity contribution in [2.24, 2.45) is 5.10 Å². The molecular weight excluding hydrogens is 322 g/mol. The van der Waals surface area contributed by atoms with Gasteiger partial charge < -0.3 is 10.5 Å². The minimum Gasteiger partial charge on any atom is -0.494 e. The van der Waals surface area contributed by atoms with Crippen molar-refractivity contribution in [2.75, 3.05) is 18.1 Å². The molecule has 1 amide bonds. The van der Waals surface area contributed by atoms with Crippen LogP contribution in [0.1, 0.15) is 12.5 Å². The number of hydrogen-bond acceptors (Lipinski definition) is 8. The third kappa shape index (κ3) is 5.34. The molecule has 1 aromatic heterocycles. The molecule has 7 nitrogen and oxygen atoms in total. The van der Waals surface area contributed by atoms with Crippen molar-refractivity contribution in [2.45, 2.75) is 11.3 Å². The van der Waals surface area contributed by atoms with Gasteiger partial charge in [-0.25, -0.2) is 5.43 Å². The highest BCUT2D eigenvalue weighted by Gasteiger charge is 2.05. The van der Waals surface area contributed by atoms with Crippen molar-refractivity contribution in [3.05, 3.63) is 29.8 Å². The number of hydrazone groups is 1. The average Bonchev–Trinajstić information content (AvgIpc) is 2.93.